The highest BCUT2D eigenvalue weighted by Crippen LogP contribution is 2.31. The Morgan fingerprint density at radius 3 is 2.45 bits per heavy atom. The number of benzene rings is 1. The van der Waals surface area contributed by atoms with Crippen LogP contribution in [0.4, 0.5) is 0 Å². The van der Waals surface area contributed by atoms with Gasteiger partial charge in [0, 0.05) is 0 Å². The van der Waals surface area contributed by atoms with Crippen LogP contribution < -0.4 is 5.32 Å². The predicted molar refractivity (Wildman–Crippen MR) is 77.4 cm³/mol. The number of aliphatic hydroxyl groups is 1. The smallest absolute Gasteiger partial charge is 0.224 e. The largest absolute Gasteiger partial charge is 0.508 e. The molecule has 0 heterocycles. The number of carbonyl (C=O) groups is 1. The van der Waals surface area contributed by atoms with E-state index < -0.39 is 5.54 Å². The Kier molecular flexibility index (Phi) is 4.65. The predicted octanol–water partition coefficient (Wildman–Crippen LogP) is 1.99. The fourth-order valence-electron chi connectivity index (χ4n) is 2.78. The van der Waals surface area contributed by atoms with E-state index in [0.29, 0.717) is 5.92 Å². The van der Waals surface area contributed by atoms with Crippen LogP contribution in [0.5, 0.6) is 5.75 Å². The van der Waals surface area contributed by atoms with Crippen molar-refractivity contribution in [3.63, 3.8) is 0 Å². The van der Waals surface area contributed by atoms with E-state index in [4.69, 9.17) is 0 Å². The SMILES string of the molecule is CC1CCC(CO)(NC(=O)Cc2ccc(O)cc2)CC1. The third-order valence-electron chi connectivity index (χ3n) is 4.24. The first-order chi connectivity index (χ1) is 9.53. The van der Waals surface area contributed by atoms with Crippen LogP contribution in [0.25, 0.3) is 0 Å². The van der Waals surface area contributed by atoms with Crippen LogP contribution in [0.1, 0.15) is 38.2 Å². The monoisotopic (exact) mass is 277 g/mol. The lowest BCUT2D eigenvalue weighted by atomic mass is 9.77. The molecule has 4 nitrogen and oxygen atoms in total. The first kappa shape index (κ1) is 14.9. The van der Waals surface area contributed by atoms with Crippen molar-refractivity contribution in [2.45, 2.75) is 44.6 Å². The van der Waals surface area contributed by atoms with Gasteiger partial charge in [0.1, 0.15) is 5.75 Å². The number of aromatic hydroxyl groups is 1. The summed E-state index contributed by atoms with van der Waals surface area (Å²) in [6, 6.07) is 6.63. The molecule has 0 unspecified atom stereocenters. The fraction of sp³-hybridized carbons (Fsp3) is 0.562. The van der Waals surface area contributed by atoms with Gasteiger partial charge in [-0.25, -0.2) is 0 Å². The maximum absolute atomic E-state index is 12.1. The second kappa shape index (κ2) is 6.27. The van der Waals surface area contributed by atoms with Gasteiger partial charge in [-0.3, -0.25) is 4.79 Å². The van der Waals surface area contributed by atoms with Crippen molar-refractivity contribution in [3.8, 4) is 5.75 Å². The minimum atomic E-state index is -0.444. The van der Waals surface area contributed by atoms with E-state index in [1.165, 1.54) is 0 Å². The lowest BCUT2D eigenvalue weighted by molar-refractivity contribution is -0.123. The Hall–Kier alpha value is -1.55. The van der Waals surface area contributed by atoms with Gasteiger partial charge in [0.2, 0.25) is 5.91 Å². The second-order valence-corrected chi connectivity index (χ2v) is 6.01. The van der Waals surface area contributed by atoms with Gasteiger partial charge in [-0.2, -0.15) is 0 Å². The van der Waals surface area contributed by atoms with Crippen molar-refractivity contribution < 1.29 is 15.0 Å². The molecule has 3 N–H and O–H groups in total. The number of phenols is 1. The summed E-state index contributed by atoms with van der Waals surface area (Å²) in [7, 11) is 0. The van der Waals surface area contributed by atoms with Gasteiger partial charge in [-0.05, 0) is 49.3 Å². The fourth-order valence-corrected chi connectivity index (χ4v) is 2.78. The van der Waals surface area contributed by atoms with Crippen LogP contribution in [-0.4, -0.2) is 28.3 Å². The van der Waals surface area contributed by atoms with Crippen molar-refractivity contribution in [3.05, 3.63) is 29.8 Å². The Morgan fingerprint density at radius 2 is 1.90 bits per heavy atom. The summed E-state index contributed by atoms with van der Waals surface area (Å²) in [6.07, 6.45) is 4.04. The molecule has 0 aliphatic heterocycles. The quantitative estimate of drug-likeness (QED) is 0.788. The molecule has 2 rings (SSSR count). The lowest BCUT2D eigenvalue weighted by Crippen LogP contribution is -2.53. The van der Waals surface area contributed by atoms with Crippen LogP contribution in [0.2, 0.25) is 0 Å². The topological polar surface area (TPSA) is 69.6 Å². The van der Waals surface area contributed by atoms with Gasteiger partial charge in [0.05, 0.1) is 18.6 Å². The maximum atomic E-state index is 12.1. The van der Waals surface area contributed by atoms with Crippen LogP contribution >= 0.6 is 0 Å². The molecule has 0 atom stereocenters. The molecule has 0 saturated heterocycles. The number of amides is 1. The molecule has 1 amide bonds. The molecular formula is C16H23NO3. The summed E-state index contributed by atoms with van der Waals surface area (Å²) in [6.45, 7) is 2.21. The summed E-state index contributed by atoms with van der Waals surface area (Å²) in [5.41, 5.74) is 0.415. The molecule has 20 heavy (non-hydrogen) atoms. The summed E-state index contributed by atoms with van der Waals surface area (Å²) in [5.74, 6) is 0.797. The molecule has 0 bridgehead atoms. The van der Waals surface area contributed by atoms with Crippen LogP contribution in [-0.2, 0) is 11.2 Å². The highest BCUT2D eigenvalue weighted by molar-refractivity contribution is 5.79. The molecule has 0 aromatic heterocycles. The number of carbonyl (C=O) groups excluding carboxylic acids is 1. The third-order valence-corrected chi connectivity index (χ3v) is 4.24. The molecule has 1 fully saturated rings. The highest BCUT2D eigenvalue weighted by Gasteiger charge is 2.34. The molecular weight excluding hydrogens is 254 g/mol. The summed E-state index contributed by atoms with van der Waals surface area (Å²) < 4.78 is 0. The number of aliphatic hydroxyl groups excluding tert-OH is 1. The van der Waals surface area contributed by atoms with Crippen LogP contribution in [0.3, 0.4) is 0 Å². The molecule has 1 saturated carbocycles. The average Bonchev–Trinajstić information content (AvgIpc) is 2.44. The number of nitrogens with one attached hydrogen (secondary N) is 1. The Balaban J connectivity index is 1.94. The molecule has 110 valence electrons. The van der Waals surface area contributed by atoms with E-state index in [1.807, 2.05) is 0 Å². The Bertz CT molecular complexity index is 447. The number of hydrogen-bond acceptors (Lipinski definition) is 3. The van der Waals surface area contributed by atoms with E-state index in [0.717, 1.165) is 31.2 Å². The zero-order chi connectivity index (χ0) is 14.6. The zero-order valence-electron chi connectivity index (χ0n) is 11.9. The van der Waals surface area contributed by atoms with Crippen molar-refractivity contribution in [2.24, 2.45) is 5.92 Å². The van der Waals surface area contributed by atoms with Crippen molar-refractivity contribution in [2.75, 3.05) is 6.61 Å². The van der Waals surface area contributed by atoms with Gasteiger partial charge in [-0.1, -0.05) is 19.1 Å². The van der Waals surface area contributed by atoms with Crippen LogP contribution in [0, 0.1) is 5.92 Å². The molecule has 4 heteroatoms. The Labute approximate surface area is 119 Å². The van der Waals surface area contributed by atoms with E-state index in [-0.39, 0.29) is 24.7 Å². The minimum Gasteiger partial charge on any atom is -0.508 e. The molecule has 0 radical (unpaired) electrons. The first-order valence-electron chi connectivity index (χ1n) is 7.23. The number of hydrogen-bond donors (Lipinski definition) is 3. The standard InChI is InChI=1S/C16H23NO3/c1-12-6-8-16(11-18,9-7-12)17-15(20)10-13-2-4-14(19)5-3-13/h2-5,12,18-19H,6-11H2,1H3,(H,17,20). The molecule has 1 aromatic rings. The number of phenolic OH excluding ortho intramolecular Hbond substituents is 1. The first-order valence-corrected chi connectivity index (χ1v) is 7.23. The van der Waals surface area contributed by atoms with Gasteiger partial charge < -0.3 is 15.5 Å². The summed E-state index contributed by atoms with van der Waals surface area (Å²) in [5, 5.41) is 21.9. The van der Waals surface area contributed by atoms with Gasteiger partial charge in [-0.15, -0.1) is 0 Å². The average molecular weight is 277 g/mol. The second-order valence-electron chi connectivity index (χ2n) is 6.01. The highest BCUT2D eigenvalue weighted by atomic mass is 16.3. The molecule has 1 aliphatic rings. The summed E-state index contributed by atoms with van der Waals surface area (Å²) in [4.78, 5) is 12.1. The zero-order valence-corrected chi connectivity index (χ0v) is 11.9. The van der Waals surface area contributed by atoms with Crippen molar-refractivity contribution >= 4 is 5.91 Å². The molecule has 1 aliphatic carbocycles. The Morgan fingerprint density at radius 1 is 1.30 bits per heavy atom. The van der Waals surface area contributed by atoms with Gasteiger partial charge in [0.15, 0.2) is 0 Å². The minimum absolute atomic E-state index is 0.00103. The van der Waals surface area contributed by atoms with Gasteiger partial charge in [0.25, 0.3) is 0 Å². The van der Waals surface area contributed by atoms with E-state index in [1.54, 1.807) is 24.3 Å². The van der Waals surface area contributed by atoms with Crippen LogP contribution in [0.15, 0.2) is 24.3 Å². The number of rotatable bonds is 4. The van der Waals surface area contributed by atoms with Gasteiger partial charge >= 0.3 is 0 Å². The molecule has 1 aromatic carbocycles. The van der Waals surface area contributed by atoms with E-state index in [9.17, 15) is 15.0 Å². The third kappa shape index (κ3) is 3.73. The van der Waals surface area contributed by atoms with E-state index >= 15 is 0 Å². The maximum Gasteiger partial charge on any atom is 0.224 e. The van der Waals surface area contributed by atoms with E-state index in [2.05, 4.69) is 12.2 Å². The normalized spacial score (nSPS) is 26.2. The molecule has 0 spiro atoms. The van der Waals surface area contributed by atoms with Crippen molar-refractivity contribution in [1.82, 2.24) is 5.32 Å². The lowest BCUT2D eigenvalue weighted by Gasteiger charge is -2.38. The van der Waals surface area contributed by atoms with Crippen molar-refractivity contribution in [1.29, 1.82) is 0 Å². The summed E-state index contributed by atoms with van der Waals surface area (Å²) >= 11 is 0.